The molecule has 2 aromatic carbocycles. The average molecular weight is 346 g/mol. The van der Waals surface area contributed by atoms with Crippen LogP contribution in [0, 0.1) is 0 Å². The highest BCUT2D eigenvalue weighted by atomic mass is 16.5. The maximum absolute atomic E-state index is 6.32. The normalized spacial score (nSPS) is 10.8. The number of nitrogens with two attached hydrogens (primary N) is 1. The van der Waals surface area contributed by atoms with E-state index in [2.05, 4.69) is 20.3 Å². The number of nitrogens with one attached hydrogen (secondary N) is 1. The molecule has 0 aliphatic carbocycles. The van der Waals surface area contributed by atoms with Crippen LogP contribution >= 0.6 is 0 Å². The fraction of sp³-hybridized carbons (Fsp3) is 0.105. The van der Waals surface area contributed by atoms with Crippen molar-refractivity contribution in [2.75, 3.05) is 18.2 Å². The van der Waals surface area contributed by atoms with Gasteiger partial charge in [-0.05, 0) is 29.8 Å². The zero-order valence-corrected chi connectivity index (χ0v) is 14.3. The van der Waals surface area contributed by atoms with E-state index in [1.807, 2.05) is 53.1 Å². The summed E-state index contributed by atoms with van der Waals surface area (Å²) in [6.45, 7) is 0.593. The number of hydrogen-bond acceptors (Lipinski definition) is 6. The van der Waals surface area contributed by atoms with E-state index in [4.69, 9.17) is 10.5 Å². The number of rotatable bonds is 5. The maximum Gasteiger partial charge on any atom is 0.167 e. The van der Waals surface area contributed by atoms with E-state index >= 15 is 0 Å². The van der Waals surface area contributed by atoms with Gasteiger partial charge in [0.05, 0.1) is 18.1 Å². The molecule has 2 aromatic heterocycles. The van der Waals surface area contributed by atoms with Crippen molar-refractivity contribution in [2.24, 2.45) is 0 Å². The van der Waals surface area contributed by atoms with E-state index in [1.54, 1.807) is 13.4 Å². The predicted molar refractivity (Wildman–Crippen MR) is 101 cm³/mol. The first-order valence-electron chi connectivity index (χ1n) is 8.16. The van der Waals surface area contributed by atoms with Crippen molar-refractivity contribution >= 4 is 22.5 Å². The van der Waals surface area contributed by atoms with Gasteiger partial charge in [0, 0.05) is 6.54 Å². The minimum Gasteiger partial charge on any atom is -0.497 e. The van der Waals surface area contributed by atoms with Crippen LogP contribution in [0.4, 0.5) is 11.5 Å². The number of nitrogens with zero attached hydrogens (tertiary/aromatic N) is 4. The lowest BCUT2D eigenvalue weighted by Gasteiger charge is -2.12. The Labute approximate surface area is 150 Å². The van der Waals surface area contributed by atoms with Gasteiger partial charge in [0.15, 0.2) is 11.6 Å². The van der Waals surface area contributed by atoms with E-state index in [0.717, 1.165) is 22.3 Å². The molecule has 7 heteroatoms. The predicted octanol–water partition coefficient (Wildman–Crippen LogP) is 3.02. The van der Waals surface area contributed by atoms with Gasteiger partial charge >= 0.3 is 0 Å². The molecule has 4 rings (SSSR count). The maximum atomic E-state index is 6.32. The van der Waals surface area contributed by atoms with Gasteiger partial charge in [0.1, 0.15) is 24.1 Å². The number of imidazole rings is 1. The fourth-order valence-corrected chi connectivity index (χ4v) is 2.78. The second-order valence-corrected chi connectivity index (χ2v) is 5.76. The first-order valence-corrected chi connectivity index (χ1v) is 8.16. The summed E-state index contributed by atoms with van der Waals surface area (Å²) in [4.78, 5) is 13.0. The molecule has 130 valence electrons. The Balaban J connectivity index is 1.61. The Morgan fingerprint density at radius 3 is 2.65 bits per heavy atom. The molecule has 0 aliphatic rings. The van der Waals surface area contributed by atoms with Gasteiger partial charge in [0.25, 0.3) is 0 Å². The van der Waals surface area contributed by atoms with Crippen LogP contribution in [-0.4, -0.2) is 26.6 Å². The van der Waals surface area contributed by atoms with Crippen LogP contribution in [0.3, 0.4) is 0 Å². The molecule has 0 saturated carbocycles. The minimum absolute atomic E-state index is 0.476. The summed E-state index contributed by atoms with van der Waals surface area (Å²) < 4.78 is 7.04. The molecule has 0 bridgehead atoms. The molecule has 4 aromatic rings. The smallest absolute Gasteiger partial charge is 0.167 e. The molecule has 0 saturated heterocycles. The molecule has 0 spiro atoms. The van der Waals surface area contributed by atoms with Gasteiger partial charge in [-0.25, -0.2) is 15.0 Å². The Hall–Kier alpha value is -3.61. The molecule has 0 aliphatic heterocycles. The Morgan fingerprint density at radius 2 is 1.85 bits per heavy atom. The summed E-state index contributed by atoms with van der Waals surface area (Å²) in [5.74, 6) is 2.01. The van der Waals surface area contributed by atoms with Crippen LogP contribution in [0.15, 0.2) is 61.2 Å². The number of methoxy groups -OCH3 is 1. The van der Waals surface area contributed by atoms with Crippen LogP contribution in [0.2, 0.25) is 0 Å². The summed E-state index contributed by atoms with van der Waals surface area (Å²) in [5.41, 5.74) is 9.72. The number of anilines is 2. The fourth-order valence-electron chi connectivity index (χ4n) is 2.78. The Morgan fingerprint density at radius 1 is 1.04 bits per heavy atom. The summed E-state index contributed by atoms with van der Waals surface area (Å²) in [5, 5.41) is 3.27. The zero-order valence-electron chi connectivity index (χ0n) is 14.3. The third kappa shape index (κ3) is 2.90. The van der Waals surface area contributed by atoms with E-state index in [9.17, 15) is 0 Å². The lowest BCUT2D eigenvalue weighted by atomic mass is 10.2. The number of aromatic nitrogens is 4. The molecular weight excluding hydrogens is 328 g/mol. The molecule has 3 N–H and O–H groups in total. The highest BCUT2D eigenvalue weighted by molar-refractivity contribution is 5.80. The average Bonchev–Trinajstić information content (AvgIpc) is 3.11. The van der Waals surface area contributed by atoms with E-state index in [-0.39, 0.29) is 0 Å². The van der Waals surface area contributed by atoms with Crippen molar-refractivity contribution in [1.82, 2.24) is 19.5 Å². The number of benzene rings is 2. The van der Waals surface area contributed by atoms with Crippen molar-refractivity contribution in [3.63, 3.8) is 0 Å². The lowest BCUT2D eigenvalue weighted by molar-refractivity contribution is 0.414. The number of nitrogen functional groups attached to an aromatic ring is 1. The van der Waals surface area contributed by atoms with Gasteiger partial charge in [-0.3, -0.25) is 4.57 Å². The summed E-state index contributed by atoms with van der Waals surface area (Å²) in [7, 11) is 1.65. The van der Waals surface area contributed by atoms with Crippen molar-refractivity contribution in [3.8, 4) is 11.6 Å². The molecule has 7 nitrogen and oxygen atoms in total. The number of para-hydroxylation sites is 2. The second kappa shape index (κ2) is 6.72. The molecule has 0 atom stereocenters. The number of hydrogen-bond donors (Lipinski definition) is 2. The van der Waals surface area contributed by atoms with Crippen molar-refractivity contribution < 1.29 is 4.74 Å². The van der Waals surface area contributed by atoms with Crippen molar-refractivity contribution in [2.45, 2.75) is 6.54 Å². The summed E-state index contributed by atoms with van der Waals surface area (Å²) in [6.07, 6.45) is 3.22. The third-order valence-corrected chi connectivity index (χ3v) is 4.16. The monoisotopic (exact) mass is 346 g/mol. The molecule has 26 heavy (non-hydrogen) atoms. The Kier molecular flexibility index (Phi) is 4.10. The largest absolute Gasteiger partial charge is 0.497 e. The SMILES string of the molecule is COc1ccc(CNc2ncnc(-n3cnc4ccccc43)c2N)cc1. The van der Waals surface area contributed by atoms with Gasteiger partial charge in [-0.15, -0.1) is 0 Å². The van der Waals surface area contributed by atoms with Crippen LogP contribution in [-0.2, 0) is 6.54 Å². The molecule has 0 fully saturated rings. The lowest BCUT2D eigenvalue weighted by Crippen LogP contribution is -2.09. The summed E-state index contributed by atoms with van der Waals surface area (Å²) in [6, 6.07) is 15.7. The van der Waals surface area contributed by atoms with Gasteiger partial charge in [0.2, 0.25) is 0 Å². The van der Waals surface area contributed by atoms with E-state index < -0.39 is 0 Å². The second-order valence-electron chi connectivity index (χ2n) is 5.76. The summed E-state index contributed by atoms with van der Waals surface area (Å²) >= 11 is 0. The quantitative estimate of drug-likeness (QED) is 0.577. The van der Waals surface area contributed by atoms with Crippen LogP contribution in [0.5, 0.6) is 5.75 Å². The van der Waals surface area contributed by atoms with Gasteiger partial charge < -0.3 is 15.8 Å². The highest BCUT2D eigenvalue weighted by Gasteiger charge is 2.12. The first-order chi connectivity index (χ1) is 12.8. The minimum atomic E-state index is 0.476. The Bertz CT molecular complexity index is 1040. The molecule has 0 radical (unpaired) electrons. The van der Waals surface area contributed by atoms with Gasteiger partial charge in [-0.1, -0.05) is 24.3 Å². The van der Waals surface area contributed by atoms with Crippen LogP contribution in [0.1, 0.15) is 5.56 Å². The highest BCUT2D eigenvalue weighted by Crippen LogP contribution is 2.25. The molecular formula is C19H18N6O. The third-order valence-electron chi connectivity index (χ3n) is 4.16. The first kappa shape index (κ1) is 15.9. The molecule has 0 unspecified atom stereocenters. The van der Waals surface area contributed by atoms with Crippen molar-refractivity contribution in [3.05, 3.63) is 66.7 Å². The van der Waals surface area contributed by atoms with E-state index in [0.29, 0.717) is 23.9 Å². The number of ether oxygens (including phenoxy) is 1. The molecule has 2 heterocycles. The standard InChI is InChI=1S/C19H18N6O/c1-26-14-8-6-13(7-9-14)10-21-18-17(20)19(23-11-22-18)25-12-24-15-4-2-3-5-16(15)25/h2-9,11-12H,10,20H2,1H3,(H,21,22,23). The van der Waals surface area contributed by atoms with Crippen molar-refractivity contribution in [1.29, 1.82) is 0 Å². The zero-order chi connectivity index (χ0) is 17.9. The topological polar surface area (TPSA) is 90.9 Å². The van der Waals surface area contributed by atoms with Crippen LogP contribution in [0.25, 0.3) is 16.9 Å². The molecule has 0 amide bonds. The van der Waals surface area contributed by atoms with Crippen LogP contribution < -0.4 is 15.8 Å². The number of fused-ring (bicyclic) bond motifs is 1. The van der Waals surface area contributed by atoms with Gasteiger partial charge in [-0.2, -0.15) is 0 Å². The van der Waals surface area contributed by atoms with E-state index in [1.165, 1.54) is 6.33 Å².